The molecule has 0 heterocycles. The molecule has 0 fully saturated rings. The summed E-state index contributed by atoms with van der Waals surface area (Å²) in [6, 6.07) is 0. The molecular weight excluding hydrogens is 180 g/mol. The first-order valence-corrected chi connectivity index (χ1v) is 4.71. The van der Waals surface area contributed by atoms with Gasteiger partial charge in [-0.05, 0) is 12.8 Å². The molecule has 14 heavy (non-hydrogen) atoms. The van der Waals surface area contributed by atoms with Gasteiger partial charge in [-0.25, -0.2) is 0 Å². The van der Waals surface area contributed by atoms with Crippen LogP contribution in [0.25, 0.3) is 0 Å². The molecule has 0 radical (unpaired) electrons. The van der Waals surface area contributed by atoms with Gasteiger partial charge in [0.2, 0.25) is 0 Å². The Morgan fingerprint density at radius 2 is 2.00 bits per heavy atom. The molecule has 0 aliphatic carbocycles. The molecule has 5 heteroatoms. The van der Waals surface area contributed by atoms with Gasteiger partial charge in [0.25, 0.3) is 11.7 Å². The number of hydrogen-bond donors (Lipinski definition) is 4. The fraction of sp³-hybridized carbons (Fsp3) is 0.556. The quantitative estimate of drug-likeness (QED) is 0.171. The number of amidine groups is 1. The fourth-order valence-electron chi connectivity index (χ4n) is 0.998. The van der Waals surface area contributed by atoms with Crippen LogP contribution in [0.15, 0.2) is 11.8 Å². The van der Waals surface area contributed by atoms with Crippen LogP contribution < -0.4 is 22.2 Å². The molecule has 0 aromatic rings. The number of rotatable bonds is 6. The maximum atomic E-state index is 10.8. The maximum Gasteiger partial charge on any atom is 0.279 e. The second kappa shape index (κ2) is 6.94. The average molecular weight is 199 g/mol. The third-order valence-electron chi connectivity index (χ3n) is 1.82. The summed E-state index contributed by atoms with van der Waals surface area (Å²) in [6.45, 7) is 2.84. The Hall–Kier alpha value is -1.52. The van der Waals surface area contributed by atoms with Gasteiger partial charge in [-0.1, -0.05) is 13.3 Å². The van der Waals surface area contributed by atoms with Gasteiger partial charge in [-0.2, -0.15) is 0 Å². The van der Waals surface area contributed by atoms with Gasteiger partial charge in [0.05, 0.1) is 6.54 Å². The van der Waals surface area contributed by atoms with Crippen LogP contribution in [-0.2, 0) is 4.79 Å². The van der Waals surface area contributed by atoms with E-state index in [1.165, 1.54) is 0 Å². The summed E-state index contributed by atoms with van der Waals surface area (Å²) in [5, 5.41) is 0. The topological polar surface area (TPSA) is 109 Å². The third kappa shape index (κ3) is 4.49. The lowest BCUT2D eigenvalue weighted by Gasteiger charge is -1.96. The van der Waals surface area contributed by atoms with Gasteiger partial charge in [0, 0.05) is 6.20 Å². The Balaban J connectivity index is 4.15. The highest BCUT2D eigenvalue weighted by atomic mass is 16.1. The third-order valence-corrected chi connectivity index (χ3v) is 1.82. The molecule has 0 rings (SSSR count). The number of nitrogens with two attached hydrogens (primary N) is 3. The first kappa shape index (κ1) is 12.5. The first-order valence-electron chi connectivity index (χ1n) is 4.71. The highest BCUT2D eigenvalue weighted by Crippen LogP contribution is 1.88. The smallest absolute Gasteiger partial charge is 0.279 e. The zero-order chi connectivity index (χ0) is 11.0. The van der Waals surface area contributed by atoms with Gasteiger partial charge in [-0.15, -0.1) is 0 Å². The van der Waals surface area contributed by atoms with E-state index in [1.807, 2.05) is 0 Å². The summed E-state index contributed by atoms with van der Waals surface area (Å²) in [5.41, 5.74) is 16.0. The van der Waals surface area contributed by atoms with Crippen molar-refractivity contribution < 1.29 is 9.79 Å². The highest BCUT2D eigenvalue weighted by Gasteiger charge is 2.13. The van der Waals surface area contributed by atoms with Crippen molar-refractivity contribution in [2.45, 2.75) is 26.2 Å². The number of nitrogens with one attached hydrogen (secondary N) is 1. The van der Waals surface area contributed by atoms with E-state index in [0.29, 0.717) is 0 Å². The molecule has 0 spiro atoms. The second-order valence-electron chi connectivity index (χ2n) is 2.99. The van der Waals surface area contributed by atoms with Crippen LogP contribution in [0.2, 0.25) is 0 Å². The van der Waals surface area contributed by atoms with Crippen molar-refractivity contribution in [1.29, 1.82) is 0 Å². The average Bonchev–Trinajstić information content (AvgIpc) is 2.13. The molecule has 80 valence electrons. The minimum absolute atomic E-state index is 0.140. The Morgan fingerprint density at radius 1 is 1.36 bits per heavy atom. The van der Waals surface area contributed by atoms with Gasteiger partial charge in [0.15, 0.2) is 0 Å². The van der Waals surface area contributed by atoms with Crippen molar-refractivity contribution in [3.8, 4) is 0 Å². The minimum Gasteiger partial charge on any atom is -0.404 e. The van der Waals surface area contributed by atoms with Crippen molar-refractivity contribution in [3.05, 3.63) is 11.8 Å². The fourth-order valence-corrected chi connectivity index (χ4v) is 0.998. The van der Waals surface area contributed by atoms with E-state index in [2.05, 4.69) is 11.9 Å². The SMILES string of the molecule is CCCCC[NH+]=C(N)C(=CN)C(N)=O. The van der Waals surface area contributed by atoms with E-state index in [0.717, 1.165) is 32.0 Å². The van der Waals surface area contributed by atoms with E-state index < -0.39 is 5.91 Å². The van der Waals surface area contributed by atoms with Crippen LogP contribution in [0.4, 0.5) is 0 Å². The summed E-state index contributed by atoms with van der Waals surface area (Å²) in [4.78, 5) is 13.7. The van der Waals surface area contributed by atoms with Crippen molar-refractivity contribution >= 4 is 11.7 Å². The molecule has 7 N–H and O–H groups in total. The largest absolute Gasteiger partial charge is 0.404 e. The Morgan fingerprint density at radius 3 is 2.43 bits per heavy atom. The summed E-state index contributed by atoms with van der Waals surface area (Å²) in [7, 11) is 0. The predicted molar refractivity (Wildman–Crippen MR) is 56.0 cm³/mol. The van der Waals surface area contributed by atoms with Crippen molar-refractivity contribution in [3.63, 3.8) is 0 Å². The molecule has 5 nitrogen and oxygen atoms in total. The Labute approximate surface area is 84.0 Å². The number of carbonyl (C=O) groups excluding carboxylic acids is 1. The lowest BCUT2D eigenvalue weighted by atomic mass is 10.2. The van der Waals surface area contributed by atoms with E-state index in [1.54, 1.807) is 0 Å². The zero-order valence-corrected chi connectivity index (χ0v) is 8.55. The van der Waals surface area contributed by atoms with Crippen LogP contribution in [0.5, 0.6) is 0 Å². The molecule has 0 atom stereocenters. The normalized spacial score (nSPS) is 12.9. The van der Waals surface area contributed by atoms with Crippen molar-refractivity contribution in [2.75, 3.05) is 6.54 Å². The zero-order valence-electron chi connectivity index (χ0n) is 8.55. The maximum absolute atomic E-state index is 10.8. The van der Waals surface area contributed by atoms with E-state index >= 15 is 0 Å². The number of hydrogen-bond acceptors (Lipinski definition) is 2. The standard InChI is InChI=1S/C9H18N4O/c1-2-3-4-5-13-8(11)7(6-10)9(12)14/h6H,2-5,10H2,1H3,(H2,11,13)(H2,12,14)/p+1. The van der Waals surface area contributed by atoms with Crippen LogP contribution in [0, 0.1) is 0 Å². The Kier molecular flexibility index (Phi) is 6.19. The number of unbranched alkanes of at least 4 members (excludes halogenated alkanes) is 2. The molecule has 0 saturated heterocycles. The molecular formula is C9H19N4O+. The van der Waals surface area contributed by atoms with Crippen molar-refractivity contribution in [2.24, 2.45) is 17.2 Å². The summed E-state index contributed by atoms with van der Waals surface area (Å²) < 4.78 is 0. The minimum atomic E-state index is -0.618. The first-order chi connectivity index (χ1) is 6.63. The van der Waals surface area contributed by atoms with E-state index in [-0.39, 0.29) is 11.4 Å². The van der Waals surface area contributed by atoms with Gasteiger partial charge < -0.3 is 11.5 Å². The number of carbonyl (C=O) groups is 1. The van der Waals surface area contributed by atoms with Crippen LogP contribution in [0.3, 0.4) is 0 Å². The molecule has 0 saturated carbocycles. The molecule has 0 aromatic carbocycles. The van der Waals surface area contributed by atoms with Crippen LogP contribution in [-0.4, -0.2) is 18.3 Å². The van der Waals surface area contributed by atoms with Crippen LogP contribution in [0.1, 0.15) is 26.2 Å². The lowest BCUT2D eigenvalue weighted by molar-refractivity contribution is -0.458. The molecule has 0 bridgehead atoms. The predicted octanol–water partition coefficient (Wildman–Crippen LogP) is -2.06. The Bertz CT molecular complexity index is 245. The van der Waals surface area contributed by atoms with Gasteiger partial charge >= 0.3 is 0 Å². The summed E-state index contributed by atoms with van der Waals surface area (Å²) >= 11 is 0. The monoisotopic (exact) mass is 199 g/mol. The molecule has 0 aromatic heterocycles. The summed E-state index contributed by atoms with van der Waals surface area (Å²) in [6.07, 6.45) is 4.38. The number of amides is 1. The summed E-state index contributed by atoms with van der Waals surface area (Å²) in [5.74, 6) is -0.371. The van der Waals surface area contributed by atoms with Crippen molar-refractivity contribution in [1.82, 2.24) is 0 Å². The lowest BCUT2D eigenvalue weighted by Crippen LogP contribution is -2.76. The molecule has 0 aliphatic rings. The molecule has 1 amide bonds. The van der Waals surface area contributed by atoms with E-state index in [9.17, 15) is 4.79 Å². The highest BCUT2D eigenvalue weighted by molar-refractivity contribution is 6.17. The van der Waals surface area contributed by atoms with Gasteiger partial charge in [0.1, 0.15) is 5.57 Å². The molecule has 0 unspecified atom stereocenters. The second-order valence-corrected chi connectivity index (χ2v) is 2.99. The van der Waals surface area contributed by atoms with E-state index in [4.69, 9.17) is 17.2 Å². The van der Waals surface area contributed by atoms with Crippen LogP contribution >= 0.6 is 0 Å². The molecule has 0 aliphatic heterocycles. The van der Waals surface area contributed by atoms with Gasteiger partial charge in [-0.3, -0.25) is 15.5 Å². The number of primary amides is 1.